The Hall–Kier alpha value is -0.480. The van der Waals surface area contributed by atoms with Gasteiger partial charge in [-0.25, -0.2) is 8.78 Å². The van der Waals surface area contributed by atoms with E-state index in [4.69, 9.17) is 0 Å². The van der Waals surface area contributed by atoms with Crippen LogP contribution in [0.1, 0.15) is 31.2 Å². The van der Waals surface area contributed by atoms with E-state index in [0.29, 0.717) is 13.1 Å². The number of guanidine groups is 1. The normalized spacial score (nSPS) is 20.3. The Balaban J connectivity index is 0.00000261. The molecule has 2 N–H and O–H groups in total. The van der Waals surface area contributed by atoms with Gasteiger partial charge in [0.15, 0.2) is 5.96 Å². The van der Waals surface area contributed by atoms with Crippen molar-refractivity contribution in [3.05, 3.63) is 34.3 Å². The third-order valence-corrected chi connectivity index (χ3v) is 5.93. The number of nitrogens with zero attached hydrogens (tertiary/aromatic N) is 2. The molecule has 27 heavy (non-hydrogen) atoms. The van der Waals surface area contributed by atoms with Gasteiger partial charge in [-0.05, 0) is 43.4 Å². The summed E-state index contributed by atoms with van der Waals surface area (Å²) in [6.07, 6.45) is 1.84. The van der Waals surface area contributed by atoms with Crippen molar-refractivity contribution in [2.24, 2.45) is 4.99 Å². The number of aliphatic imine (C=N–C) groups is 1. The first-order valence-electron chi connectivity index (χ1n) is 9.24. The van der Waals surface area contributed by atoms with Crippen LogP contribution in [0, 0.1) is 0 Å². The van der Waals surface area contributed by atoms with Gasteiger partial charge in [0.1, 0.15) is 0 Å². The molecule has 152 valence electrons. The molecular weight excluding hydrogens is 529 g/mol. The first kappa shape index (κ1) is 22.8. The summed E-state index contributed by atoms with van der Waals surface area (Å²) >= 11 is 3.55. The summed E-state index contributed by atoms with van der Waals surface area (Å²) < 4.78 is 26.1. The summed E-state index contributed by atoms with van der Waals surface area (Å²) in [7, 11) is 1.78. The van der Waals surface area contributed by atoms with E-state index in [2.05, 4.69) is 49.8 Å². The van der Waals surface area contributed by atoms with Crippen LogP contribution in [0.2, 0.25) is 0 Å². The lowest BCUT2D eigenvalue weighted by Gasteiger charge is -2.33. The fraction of sp³-hybridized carbons (Fsp3) is 0.632. The van der Waals surface area contributed by atoms with Crippen LogP contribution in [0.5, 0.6) is 0 Å². The molecule has 1 aliphatic heterocycles. The highest BCUT2D eigenvalue weighted by Crippen LogP contribution is 2.48. The lowest BCUT2D eigenvalue weighted by atomic mass is 9.96. The topological polar surface area (TPSA) is 39.7 Å². The molecule has 1 saturated carbocycles. The van der Waals surface area contributed by atoms with Gasteiger partial charge in [0.25, 0.3) is 6.43 Å². The molecule has 0 spiro atoms. The van der Waals surface area contributed by atoms with Gasteiger partial charge in [-0.2, -0.15) is 0 Å². The molecule has 0 amide bonds. The lowest BCUT2D eigenvalue weighted by Crippen LogP contribution is -2.50. The van der Waals surface area contributed by atoms with Gasteiger partial charge in [0, 0.05) is 42.6 Å². The second-order valence-corrected chi connectivity index (χ2v) is 8.24. The summed E-state index contributed by atoms with van der Waals surface area (Å²) in [4.78, 5) is 6.18. The average Bonchev–Trinajstić information content (AvgIpc) is 3.41. The largest absolute Gasteiger partial charge is 0.356 e. The number of piperidine rings is 1. The number of benzene rings is 1. The van der Waals surface area contributed by atoms with Crippen molar-refractivity contribution in [3.8, 4) is 0 Å². The monoisotopic (exact) mass is 556 g/mol. The van der Waals surface area contributed by atoms with E-state index in [9.17, 15) is 8.78 Å². The zero-order chi connectivity index (χ0) is 18.6. The average molecular weight is 557 g/mol. The molecular formula is C19H28BrF2IN4. The Morgan fingerprint density at radius 3 is 2.59 bits per heavy atom. The maximum Gasteiger partial charge on any atom is 0.251 e. The molecule has 1 heterocycles. The maximum atomic E-state index is 12.5. The number of hydrogen-bond acceptors (Lipinski definition) is 2. The number of hydrogen-bond donors (Lipinski definition) is 2. The van der Waals surface area contributed by atoms with Gasteiger partial charge >= 0.3 is 0 Å². The Kier molecular flexibility index (Phi) is 8.73. The molecule has 8 heteroatoms. The number of alkyl halides is 2. The van der Waals surface area contributed by atoms with Crippen molar-refractivity contribution < 1.29 is 8.78 Å². The molecule has 1 saturated heterocycles. The minimum absolute atomic E-state index is 0. The van der Waals surface area contributed by atoms with Crippen LogP contribution in [0.15, 0.2) is 33.7 Å². The molecule has 0 radical (unpaired) electrons. The fourth-order valence-electron chi connectivity index (χ4n) is 3.63. The Morgan fingerprint density at radius 1 is 1.33 bits per heavy atom. The second kappa shape index (κ2) is 10.3. The fourth-order valence-corrected chi connectivity index (χ4v) is 4.03. The molecule has 1 aliphatic carbocycles. The van der Waals surface area contributed by atoms with E-state index in [-0.39, 0.29) is 42.0 Å². The quantitative estimate of drug-likeness (QED) is 0.316. The third kappa shape index (κ3) is 6.52. The molecule has 3 rings (SSSR count). The Bertz CT molecular complexity index is 632. The molecule has 0 bridgehead atoms. The molecule has 4 nitrogen and oxygen atoms in total. The van der Waals surface area contributed by atoms with Crippen LogP contribution < -0.4 is 10.6 Å². The van der Waals surface area contributed by atoms with Crippen molar-refractivity contribution in [2.75, 3.05) is 33.2 Å². The third-order valence-electron chi connectivity index (χ3n) is 5.43. The van der Waals surface area contributed by atoms with Gasteiger partial charge in [0.2, 0.25) is 0 Å². The first-order chi connectivity index (χ1) is 12.5. The molecule has 0 unspecified atom stereocenters. The zero-order valence-electron chi connectivity index (χ0n) is 15.6. The molecule has 0 atom stereocenters. The van der Waals surface area contributed by atoms with Crippen LogP contribution in [0.3, 0.4) is 0 Å². The molecule has 2 aliphatic rings. The van der Waals surface area contributed by atoms with E-state index >= 15 is 0 Å². The van der Waals surface area contributed by atoms with Crippen molar-refractivity contribution >= 4 is 45.9 Å². The Labute approximate surface area is 185 Å². The molecule has 2 fully saturated rings. The van der Waals surface area contributed by atoms with Crippen molar-refractivity contribution in [1.82, 2.24) is 15.5 Å². The van der Waals surface area contributed by atoms with Crippen molar-refractivity contribution in [2.45, 2.75) is 43.6 Å². The van der Waals surface area contributed by atoms with Gasteiger partial charge < -0.3 is 10.6 Å². The van der Waals surface area contributed by atoms with E-state index in [1.165, 1.54) is 18.4 Å². The predicted molar refractivity (Wildman–Crippen MR) is 120 cm³/mol. The van der Waals surface area contributed by atoms with Crippen LogP contribution in [0.25, 0.3) is 0 Å². The summed E-state index contributed by atoms with van der Waals surface area (Å²) in [6.45, 7) is 2.16. The van der Waals surface area contributed by atoms with Gasteiger partial charge in [-0.15, -0.1) is 24.0 Å². The zero-order valence-corrected chi connectivity index (χ0v) is 19.5. The highest BCUT2D eigenvalue weighted by molar-refractivity contribution is 14.0. The SMILES string of the molecule is CN=C(NCC1(c2cccc(Br)c2)CC1)NC1CCN(CC(F)F)CC1.I. The first-order valence-corrected chi connectivity index (χ1v) is 10.0. The second-order valence-electron chi connectivity index (χ2n) is 7.33. The minimum atomic E-state index is -2.25. The van der Waals surface area contributed by atoms with Crippen LogP contribution in [-0.4, -0.2) is 56.6 Å². The van der Waals surface area contributed by atoms with Crippen LogP contribution in [-0.2, 0) is 5.41 Å². The molecule has 1 aromatic rings. The van der Waals surface area contributed by atoms with Gasteiger partial charge in [-0.3, -0.25) is 9.89 Å². The maximum absolute atomic E-state index is 12.5. The lowest BCUT2D eigenvalue weighted by molar-refractivity contribution is 0.0744. The standard InChI is InChI=1S/C19H27BrF2N4.HI/c1-23-18(25-16-5-9-26(10-6-16)12-17(21)22)24-13-19(7-8-19)14-3-2-4-15(20)11-14;/h2-4,11,16-17H,5-10,12-13H2,1H3,(H2,23,24,25);1H. The highest BCUT2D eigenvalue weighted by atomic mass is 127. The smallest absolute Gasteiger partial charge is 0.251 e. The number of rotatable bonds is 6. The Morgan fingerprint density at radius 2 is 2.04 bits per heavy atom. The highest BCUT2D eigenvalue weighted by Gasteiger charge is 2.44. The van der Waals surface area contributed by atoms with E-state index in [1.54, 1.807) is 7.05 Å². The number of likely N-dealkylation sites (tertiary alicyclic amines) is 1. The molecule has 0 aromatic heterocycles. The van der Waals surface area contributed by atoms with Crippen molar-refractivity contribution in [3.63, 3.8) is 0 Å². The van der Waals surface area contributed by atoms with Crippen LogP contribution >= 0.6 is 39.9 Å². The van der Waals surface area contributed by atoms with Crippen molar-refractivity contribution in [1.29, 1.82) is 0 Å². The number of nitrogens with one attached hydrogen (secondary N) is 2. The van der Waals surface area contributed by atoms with E-state index < -0.39 is 6.43 Å². The minimum Gasteiger partial charge on any atom is -0.356 e. The summed E-state index contributed by atoms with van der Waals surface area (Å²) in [5, 5.41) is 6.93. The van der Waals surface area contributed by atoms with Gasteiger partial charge in [0.05, 0.1) is 6.54 Å². The van der Waals surface area contributed by atoms with Gasteiger partial charge in [-0.1, -0.05) is 28.1 Å². The van der Waals surface area contributed by atoms with E-state index in [1.807, 2.05) is 11.0 Å². The molecule has 1 aromatic carbocycles. The van der Waals surface area contributed by atoms with Crippen LogP contribution in [0.4, 0.5) is 8.78 Å². The predicted octanol–water partition coefficient (Wildman–Crippen LogP) is 3.99. The summed E-state index contributed by atoms with van der Waals surface area (Å²) in [6, 6.07) is 8.81. The summed E-state index contributed by atoms with van der Waals surface area (Å²) in [5.41, 5.74) is 1.55. The van der Waals surface area contributed by atoms with E-state index in [0.717, 1.165) is 29.8 Å². The summed E-state index contributed by atoms with van der Waals surface area (Å²) in [5.74, 6) is 0.804. The number of halogens is 4.